The monoisotopic (exact) mass is 324 g/mol. The Kier molecular flexibility index (Phi) is 14.4. The van der Waals surface area contributed by atoms with Crippen molar-refractivity contribution in [1.29, 1.82) is 0 Å². The second-order valence-electron chi connectivity index (χ2n) is 4.05. The lowest BCUT2D eigenvalue weighted by atomic mass is 10.2. The molecule has 118 valence electrons. The number of halogens is 2. The summed E-state index contributed by atoms with van der Waals surface area (Å²) in [5.41, 5.74) is 1.21. The largest absolute Gasteiger partial charge is 0.493 e. The third-order valence-corrected chi connectivity index (χ3v) is 2.64. The van der Waals surface area contributed by atoms with Gasteiger partial charge in [0.15, 0.2) is 11.5 Å². The van der Waals surface area contributed by atoms with Gasteiger partial charge in [-0.3, -0.25) is 0 Å². The van der Waals surface area contributed by atoms with Gasteiger partial charge in [0.1, 0.15) is 0 Å². The molecule has 2 N–H and O–H groups in total. The van der Waals surface area contributed by atoms with Crippen LogP contribution in [0.5, 0.6) is 11.5 Å². The fraction of sp³-hybridized carbons (Fsp3) is 0.571. The molecule has 0 amide bonds. The van der Waals surface area contributed by atoms with E-state index in [0.29, 0.717) is 6.61 Å². The van der Waals surface area contributed by atoms with Crippen molar-refractivity contribution in [2.24, 2.45) is 0 Å². The molecule has 0 aromatic heterocycles. The molecular formula is C14H26Cl2N2O2. The maximum Gasteiger partial charge on any atom is 0.161 e. The number of ether oxygens (including phenoxy) is 2. The highest BCUT2D eigenvalue weighted by Crippen LogP contribution is 2.27. The van der Waals surface area contributed by atoms with Crippen molar-refractivity contribution < 1.29 is 9.47 Å². The predicted octanol–water partition coefficient (Wildman–Crippen LogP) is 2.64. The third kappa shape index (κ3) is 7.80. The van der Waals surface area contributed by atoms with Crippen LogP contribution in [-0.4, -0.2) is 33.9 Å². The van der Waals surface area contributed by atoms with Crippen LogP contribution >= 0.6 is 24.8 Å². The lowest BCUT2D eigenvalue weighted by molar-refractivity contribution is 0.310. The molecule has 0 aliphatic heterocycles. The molecule has 0 atom stereocenters. The summed E-state index contributed by atoms with van der Waals surface area (Å²) in [6.45, 7) is 5.52. The van der Waals surface area contributed by atoms with Crippen molar-refractivity contribution in [1.82, 2.24) is 10.6 Å². The van der Waals surface area contributed by atoms with E-state index in [2.05, 4.69) is 16.7 Å². The summed E-state index contributed by atoms with van der Waals surface area (Å²) in [6, 6.07) is 6.06. The van der Waals surface area contributed by atoms with Gasteiger partial charge in [-0.2, -0.15) is 0 Å². The molecule has 0 heterocycles. The third-order valence-electron chi connectivity index (χ3n) is 2.64. The van der Waals surface area contributed by atoms with Crippen LogP contribution in [0.4, 0.5) is 0 Å². The molecule has 0 radical (unpaired) electrons. The molecule has 0 spiro atoms. The summed E-state index contributed by atoms with van der Waals surface area (Å²) >= 11 is 0. The molecule has 0 fully saturated rings. The van der Waals surface area contributed by atoms with E-state index >= 15 is 0 Å². The van der Waals surface area contributed by atoms with E-state index in [1.54, 1.807) is 7.11 Å². The van der Waals surface area contributed by atoms with Gasteiger partial charge < -0.3 is 20.1 Å². The molecule has 0 aliphatic rings. The summed E-state index contributed by atoms with van der Waals surface area (Å²) in [5, 5.41) is 6.53. The summed E-state index contributed by atoms with van der Waals surface area (Å²) in [5.74, 6) is 1.60. The van der Waals surface area contributed by atoms with E-state index in [-0.39, 0.29) is 24.8 Å². The van der Waals surface area contributed by atoms with Gasteiger partial charge in [0, 0.05) is 6.54 Å². The van der Waals surface area contributed by atoms with E-state index in [1.807, 2.05) is 26.1 Å². The van der Waals surface area contributed by atoms with Crippen LogP contribution in [0.3, 0.4) is 0 Å². The number of methoxy groups -OCH3 is 1. The summed E-state index contributed by atoms with van der Waals surface area (Å²) in [7, 11) is 3.64. The van der Waals surface area contributed by atoms with Crippen LogP contribution in [0.2, 0.25) is 0 Å². The quantitative estimate of drug-likeness (QED) is 0.685. The Labute approximate surface area is 134 Å². The molecule has 0 aliphatic carbocycles. The number of hydrogen-bond acceptors (Lipinski definition) is 4. The normalized spacial score (nSPS) is 9.35. The van der Waals surface area contributed by atoms with Crippen molar-refractivity contribution in [3.63, 3.8) is 0 Å². The van der Waals surface area contributed by atoms with E-state index in [4.69, 9.17) is 9.47 Å². The van der Waals surface area contributed by atoms with Gasteiger partial charge in [0.05, 0.1) is 13.7 Å². The predicted molar refractivity (Wildman–Crippen MR) is 88.9 cm³/mol. The molecule has 1 aromatic rings. The van der Waals surface area contributed by atoms with Crippen LogP contribution in [0.25, 0.3) is 0 Å². The van der Waals surface area contributed by atoms with Crippen molar-refractivity contribution in [2.45, 2.75) is 19.9 Å². The molecule has 20 heavy (non-hydrogen) atoms. The van der Waals surface area contributed by atoms with Crippen LogP contribution < -0.4 is 20.1 Å². The van der Waals surface area contributed by atoms with E-state index in [1.165, 1.54) is 5.56 Å². The van der Waals surface area contributed by atoms with E-state index in [9.17, 15) is 0 Å². The lowest BCUT2D eigenvalue weighted by Gasteiger charge is -2.11. The van der Waals surface area contributed by atoms with Gasteiger partial charge in [-0.1, -0.05) is 6.07 Å². The van der Waals surface area contributed by atoms with Gasteiger partial charge in [-0.25, -0.2) is 0 Å². The SMILES string of the molecule is CCOc1ccc(CNCCCNC)cc1OC.Cl.Cl. The highest BCUT2D eigenvalue weighted by Gasteiger charge is 2.04. The molecule has 0 saturated heterocycles. The highest BCUT2D eigenvalue weighted by atomic mass is 35.5. The second-order valence-corrected chi connectivity index (χ2v) is 4.05. The Morgan fingerprint density at radius 2 is 1.85 bits per heavy atom. The Hall–Kier alpha value is -0.680. The second kappa shape index (κ2) is 13.3. The van der Waals surface area contributed by atoms with Crippen LogP contribution in [0.15, 0.2) is 18.2 Å². The molecule has 0 saturated carbocycles. The average molecular weight is 325 g/mol. The van der Waals surface area contributed by atoms with Gasteiger partial charge in [0.2, 0.25) is 0 Å². The first-order chi connectivity index (χ1) is 8.81. The van der Waals surface area contributed by atoms with Crippen molar-refractivity contribution in [3.05, 3.63) is 23.8 Å². The maximum atomic E-state index is 5.49. The molecule has 0 unspecified atom stereocenters. The smallest absolute Gasteiger partial charge is 0.161 e. The van der Waals surface area contributed by atoms with Gasteiger partial charge >= 0.3 is 0 Å². The first-order valence-electron chi connectivity index (χ1n) is 6.46. The highest BCUT2D eigenvalue weighted by molar-refractivity contribution is 5.85. The molecule has 1 rings (SSSR count). The number of benzene rings is 1. The number of nitrogens with one attached hydrogen (secondary N) is 2. The fourth-order valence-corrected chi connectivity index (χ4v) is 1.72. The molecule has 1 aromatic carbocycles. The van der Waals surface area contributed by atoms with Crippen LogP contribution in [-0.2, 0) is 6.54 Å². The van der Waals surface area contributed by atoms with Crippen LogP contribution in [0.1, 0.15) is 18.9 Å². The van der Waals surface area contributed by atoms with Gasteiger partial charge in [-0.15, -0.1) is 24.8 Å². The van der Waals surface area contributed by atoms with Crippen molar-refractivity contribution >= 4 is 24.8 Å². The number of rotatable bonds is 9. The number of hydrogen-bond donors (Lipinski definition) is 2. The summed E-state index contributed by atoms with van der Waals surface area (Å²) in [6.07, 6.45) is 1.13. The summed E-state index contributed by atoms with van der Waals surface area (Å²) in [4.78, 5) is 0. The minimum atomic E-state index is 0. The lowest BCUT2D eigenvalue weighted by Crippen LogP contribution is -2.19. The Morgan fingerprint density at radius 3 is 2.45 bits per heavy atom. The zero-order valence-electron chi connectivity index (χ0n) is 12.4. The van der Waals surface area contributed by atoms with Crippen molar-refractivity contribution in [3.8, 4) is 11.5 Å². The Bertz CT molecular complexity index is 352. The Balaban J connectivity index is 0. The zero-order chi connectivity index (χ0) is 13.2. The maximum absolute atomic E-state index is 5.49. The molecular weight excluding hydrogens is 299 g/mol. The van der Waals surface area contributed by atoms with E-state index < -0.39 is 0 Å². The van der Waals surface area contributed by atoms with E-state index in [0.717, 1.165) is 37.6 Å². The fourth-order valence-electron chi connectivity index (χ4n) is 1.72. The Morgan fingerprint density at radius 1 is 1.10 bits per heavy atom. The standard InChI is InChI=1S/C14H24N2O2.2ClH/c1-4-18-13-7-6-12(10-14(13)17-3)11-16-9-5-8-15-2;;/h6-7,10,15-16H,4-5,8-9,11H2,1-3H3;2*1H. The molecule has 4 nitrogen and oxygen atoms in total. The topological polar surface area (TPSA) is 42.5 Å². The summed E-state index contributed by atoms with van der Waals surface area (Å²) < 4.78 is 10.8. The van der Waals surface area contributed by atoms with Crippen LogP contribution in [0, 0.1) is 0 Å². The minimum Gasteiger partial charge on any atom is -0.493 e. The molecule has 6 heteroatoms. The average Bonchev–Trinajstić information content (AvgIpc) is 2.40. The minimum absolute atomic E-state index is 0. The van der Waals surface area contributed by atoms with Crippen molar-refractivity contribution in [2.75, 3.05) is 33.9 Å². The first-order valence-corrected chi connectivity index (χ1v) is 6.46. The van der Waals surface area contributed by atoms with Gasteiger partial charge in [0.25, 0.3) is 0 Å². The zero-order valence-corrected chi connectivity index (χ0v) is 14.0. The first kappa shape index (κ1) is 21.6. The van der Waals surface area contributed by atoms with Gasteiger partial charge in [-0.05, 0) is 51.2 Å². The molecule has 0 bridgehead atoms.